The van der Waals surface area contributed by atoms with Crippen molar-refractivity contribution in [3.8, 4) is 0 Å². The van der Waals surface area contributed by atoms with Gasteiger partial charge in [0.15, 0.2) is 0 Å². The van der Waals surface area contributed by atoms with Gasteiger partial charge in [-0.2, -0.15) is 13.2 Å². The number of fused-ring (bicyclic) bond motifs is 3. The monoisotopic (exact) mass is 499 g/mol. The molecule has 1 saturated carbocycles. The third-order valence-corrected chi connectivity index (χ3v) is 7.65. The molecule has 0 atom stereocenters. The Morgan fingerprint density at radius 3 is 2.44 bits per heavy atom. The van der Waals surface area contributed by atoms with Gasteiger partial charge in [0.05, 0.1) is 18.0 Å². The number of amides is 1. The first-order valence-corrected chi connectivity index (χ1v) is 12.3. The van der Waals surface area contributed by atoms with Gasteiger partial charge in [-0.3, -0.25) is 9.59 Å². The van der Waals surface area contributed by atoms with E-state index in [1.165, 1.54) is 12.1 Å². The maximum absolute atomic E-state index is 13.2. The SMILES string of the molecule is O=C(C[C@H]1CC[C@H](C(=O)O)CC1)N1CCc2c(n(Cc3ccc(C(F)(F)F)cc3)c3ncccc23)C1. The third-order valence-electron chi connectivity index (χ3n) is 7.65. The average Bonchev–Trinajstić information content (AvgIpc) is 3.17. The second-order valence-electron chi connectivity index (χ2n) is 9.91. The second-order valence-corrected chi connectivity index (χ2v) is 9.91. The first kappa shape index (κ1) is 24.3. The molecule has 6 nitrogen and oxygen atoms in total. The zero-order valence-electron chi connectivity index (χ0n) is 19.8. The summed E-state index contributed by atoms with van der Waals surface area (Å²) in [6.07, 6.45) is 1.16. The maximum Gasteiger partial charge on any atom is 0.416 e. The molecular formula is C27H28F3N3O3. The fraction of sp³-hybridized carbons (Fsp3) is 0.444. The van der Waals surface area contributed by atoms with Crippen LogP contribution in [0.2, 0.25) is 0 Å². The van der Waals surface area contributed by atoms with E-state index in [4.69, 9.17) is 0 Å². The number of nitrogens with zero attached hydrogens (tertiary/aromatic N) is 3. The van der Waals surface area contributed by atoms with Gasteiger partial charge < -0.3 is 14.6 Å². The second kappa shape index (κ2) is 9.59. The van der Waals surface area contributed by atoms with Crippen LogP contribution in [-0.2, 0) is 35.3 Å². The molecule has 2 aliphatic rings. The predicted molar refractivity (Wildman–Crippen MR) is 127 cm³/mol. The minimum absolute atomic E-state index is 0.0683. The van der Waals surface area contributed by atoms with E-state index < -0.39 is 17.7 Å². The molecule has 190 valence electrons. The van der Waals surface area contributed by atoms with Gasteiger partial charge in [-0.15, -0.1) is 0 Å². The molecule has 2 aromatic heterocycles. The van der Waals surface area contributed by atoms with Crippen molar-refractivity contribution in [3.63, 3.8) is 0 Å². The Morgan fingerprint density at radius 1 is 1.06 bits per heavy atom. The van der Waals surface area contributed by atoms with Crippen molar-refractivity contribution in [2.24, 2.45) is 11.8 Å². The van der Waals surface area contributed by atoms with Crippen LogP contribution in [0, 0.1) is 11.8 Å². The molecule has 3 heterocycles. The molecule has 1 aromatic carbocycles. The van der Waals surface area contributed by atoms with E-state index in [9.17, 15) is 27.9 Å². The molecule has 0 spiro atoms. The Labute approximate surface area is 206 Å². The van der Waals surface area contributed by atoms with Crippen molar-refractivity contribution in [3.05, 3.63) is 65.0 Å². The van der Waals surface area contributed by atoms with E-state index in [1.54, 1.807) is 6.20 Å². The van der Waals surface area contributed by atoms with Gasteiger partial charge in [-0.1, -0.05) is 12.1 Å². The molecule has 1 amide bonds. The standard InChI is InChI=1S/C27H28F3N3O3/c28-27(29,30)20-9-5-18(6-10-20)15-33-23-16-32(13-11-21(23)22-2-1-12-31-25(22)33)24(34)14-17-3-7-19(8-4-17)26(35)36/h1-2,5-6,9-10,12,17,19H,3-4,7-8,11,13-16H2,(H,35,36)/t17-,19-. The molecule has 1 aliphatic heterocycles. The van der Waals surface area contributed by atoms with E-state index in [-0.39, 0.29) is 17.7 Å². The zero-order chi connectivity index (χ0) is 25.4. The van der Waals surface area contributed by atoms with Gasteiger partial charge in [-0.25, -0.2) is 4.98 Å². The number of hydrogen-bond acceptors (Lipinski definition) is 3. The Kier molecular flexibility index (Phi) is 6.49. The summed E-state index contributed by atoms with van der Waals surface area (Å²) < 4.78 is 41.0. The quantitative estimate of drug-likeness (QED) is 0.519. The number of carbonyl (C=O) groups excluding carboxylic acids is 1. The van der Waals surface area contributed by atoms with E-state index >= 15 is 0 Å². The highest BCUT2D eigenvalue weighted by Crippen LogP contribution is 2.34. The maximum atomic E-state index is 13.2. The fourth-order valence-corrected chi connectivity index (χ4v) is 5.61. The summed E-state index contributed by atoms with van der Waals surface area (Å²) in [7, 11) is 0. The highest BCUT2D eigenvalue weighted by molar-refractivity contribution is 5.84. The van der Waals surface area contributed by atoms with Crippen LogP contribution >= 0.6 is 0 Å². The number of aliphatic carboxylic acids is 1. The van der Waals surface area contributed by atoms with Crippen molar-refractivity contribution in [2.75, 3.05) is 6.54 Å². The number of halogens is 3. The van der Waals surface area contributed by atoms with Crippen LogP contribution in [0.4, 0.5) is 13.2 Å². The zero-order valence-corrected chi connectivity index (χ0v) is 19.8. The summed E-state index contributed by atoms with van der Waals surface area (Å²) in [6.45, 7) is 1.39. The Morgan fingerprint density at radius 2 is 1.78 bits per heavy atom. The smallest absolute Gasteiger partial charge is 0.416 e. The number of aromatic nitrogens is 2. The summed E-state index contributed by atoms with van der Waals surface area (Å²) in [5.74, 6) is -0.784. The van der Waals surface area contributed by atoms with Gasteiger partial charge in [0, 0.05) is 36.8 Å². The molecule has 1 N–H and O–H groups in total. The van der Waals surface area contributed by atoms with Gasteiger partial charge >= 0.3 is 12.1 Å². The molecule has 0 bridgehead atoms. The van der Waals surface area contributed by atoms with Gasteiger partial charge in [0.1, 0.15) is 5.65 Å². The first-order valence-electron chi connectivity index (χ1n) is 12.3. The Hall–Kier alpha value is -3.36. The highest BCUT2D eigenvalue weighted by atomic mass is 19.4. The average molecular weight is 500 g/mol. The van der Waals surface area contributed by atoms with Gasteiger partial charge in [0.25, 0.3) is 0 Å². The van der Waals surface area contributed by atoms with E-state index in [2.05, 4.69) is 4.98 Å². The predicted octanol–water partition coefficient (Wildman–Crippen LogP) is 5.27. The van der Waals surface area contributed by atoms with Crippen LogP contribution in [0.5, 0.6) is 0 Å². The largest absolute Gasteiger partial charge is 0.481 e. The molecule has 1 aliphatic carbocycles. The van der Waals surface area contributed by atoms with Crippen molar-refractivity contribution >= 4 is 22.9 Å². The summed E-state index contributed by atoms with van der Waals surface area (Å²) in [4.78, 5) is 30.8. The molecule has 0 unspecified atom stereocenters. The van der Waals surface area contributed by atoms with Crippen molar-refractivity contribution in [2.45, 2.75) is 57.8 Å². The normalized spacial score (nSPS) is 20.4. The van der Waals surface area contributed by atoms with E-state index in [0.29, 0.717) is 45.3 Å². The van der Waals surface area contributed by atoms with Crippen molar-refractivity contribution < 1.29 is 27.9 Å². The number of carboxylic acid groups (broad SMARTS) is 1. The van der Waals surface area contributed by atoms with Crippen LogP contribution in [0.25, 0.3) is 11.0 Å². The number of carbonyl (C=O) groups is 2. The lowest BCUT2D eigenvalue weighted by Crippen LogP contribution is -2.38. The topological polar surface area (TPSA) is 75.4 Å². The third kappa shape index (κ3) is 4.83. The van der Waals surface area contributed by atoms with Crippen LogP contribution in [0.3, 0.4) is 0 Å². The van der Waals surface area contributed by atoms with Gasteiger partial charge in [0.2, 0.25) is 5.91 Å². The molecule has 5 rings (SSSR count). The Bertz CT molecular complexity index is 1280. The summed E-state index contributed by atoms with van der Waals surface area (Å²) in [5, 5.41) is 10.2. The number of hydrogen-bond donors (Lipinski definition) is 1. The molecule has 0 radical (unpaired) electrons. The lowest BCUT2D eigenvalue weighted by Gasteiger charge is -2.31. The number of benzene rings is 1. The van der Waals surface area contributed by atoms with Crippen LogP contribution in [0.1, 0.15) is 54.5 Å². The summed E-state index contributed by atoms with van der Waals surface area (Å²) >= 11 is 0. The first-order chi connectivity index (χ1) is 17.2. The molecule has 9 heteroatoms. The molecule has 36 heavy (non-hydrogen) atoms. The molecule has 1 fully saturated rings. The van der Waals surface area contributed by atoms with Crippen LogP contribution in [0.15, 0.2) is 42.6 Å². The van der Waals surface area contributed by atoms with E-state index in [0.717, 1.165) is 52.8 Å². The van der Waals surface area contributed by atoms with Crippen molar-refractivity contribution in [1.29, 1.82) is 0 Å². The molecular weight excluding hydrogens is 471 g/mol. The Balaban J connectivity index is 1.35. The highest BCUT2D eigenvalue weighted by Gasteiger charge is 2.32. The molecule has 3 aromatic rings. The van der Waals surface area contributed by atoms with Gasteiger partial charge in [-0.05, 0) is 73.4 Å². The minimum atomic E-state index is -4.38. The van der Waals surface area contributed by atoms with E-state index in [1.807, 2.05) is 21.6 Å². The van der Waals surface area contributed by atoms with Crippen LogP contribution in [-0.4, -0.2) is 38.0 Å². The molecule has 0 saturated heterocycles. The lowest BCUT2D eigenvalue weighted by molar-refractivity contribution is -0.143. The fourth-order valence-electron chi connectivity index (χ4n) is 5.61. The summed E-state index contributed by atoms with van der Waals surface area (Å²) in [6, 6.07) is 9.04. The summed E-state index contributed by atoms with van der Waals surface area (Å²) in [5.41, 5.74) is 2.92. The number of pyridine rings is 1. The number of rotatable bonds is 5. The number of alkyl halides is 3. The number of carboxylic acids is 1. The lowest BCUT2D eigenvalue weighted by atomic mass is 9.80. The van der Waals surface area contributed by atoms with Crippen LogP contribution < -0.4 is 0 Å². The van der Waals surface area contributed by atoms with Crippen molar-refractivity contribution in [1.82, 2.24) is 14.5 Å². The minimum Gasteiger partial charge on any atom is -0.481 e.